The van der Waals surface area contributed by atoms with Gasteiger partial charge >= 0.3 is 22.5 Å². The minimum atomic E-state index is -5.11. The number of carbonyl (C=O) groups excluding carboxylic acids is 1. The molecule has 46 heavy (non-hydrogen) atoms. The number of ether oxygens (including phenoxy) is 1. The van der Waals surface area contributed by atoms with Crippen molar-refractivity contribution in [3.05, 3.63) is 103 Å². The molecule has 1 atom stereocenters. The van der Waals surface area contributed by atoms with Crippen molar-refractivity contribution < 1.29 is 53.4 Å². The van der Waals surface area contributed by atoms with Gasteiger partial charge in [0.2, 0.25) is 5.91 Å². The molecule has 9 nitrogen and oxygen atoms in total. The molecule has 0 aliphatic carbocycles. The monoisotopic (exact) mass is 714 g/mol. The van der Waals surface area contributed by atoms with Crippen molar-refractivity contribution in [2.24, 2.45) is 0 Å². The third-order valence-corrected chi connectivity index (χ3v) is 9.16. The average Bonchev–Trinajstić information content (AvgIpc) is 2.97. The zero-order chi connectivity index (χ0) is 34.1. The lowest BCUT2D eigenvalue weighted by molar-refractivity contribution is -0.387. The van der Waals surface area contributed by atoms with Gasteiger partial charge in [-0.1, -0.05) is 41.4 Å². The molecule has 1 aliphatic heterocycles. The summed E-state index contributed by atoms with van der Waals surface area (Å²) < 4.78 is 117. The molecule has 3 aromatic carbocycles. The van der Waals surface area contributed by atoms with Crippen LogP contribution in [0.15, 0.2) is 65.6 Å². The molecule has 0 aromatic heterocycles. The van der Waals surface area contributed by atoms with Crippen molar-refractivity contribution >= 4 is 44.9 Å². The Bertz CT molecular complexity index is 1720. The number of para-hydroxylation sites is 1. The zero-order valence-corrected chi connectivity index (χ0v) is 25.5. The highest BCUT2D eigenvalue weighted by atomic mass is 35.5. The van der Waals surface area contributed by atoms with Crippen LogP contribution in [0.4, 0.5) is 32.0 Å². The first-order valence-electron chi connectivity index (χ1n) is 13.1. The van der Waals surface area contributed by atoms with Crippen LogP contribution in [0.1, 0.15) is 28.7 Å². The van der Waals surface area contributed by atoms with E-state index in [9.17, 15) is 49.7 Å². The third kappa shape index (κ3) is 8.09. The molecular formula is C28H22Cl2F6N2O7S. The van der Waals surface area contributed by atoms with Gasteiger partial charge < -0.3 is 9.64 Å². The van der Waals surface area contributed by atoms with E-state index < -0.39 is 79.2 Å². The molecule has 3 aromatic rings. The van der Waals surface area contributed by atoms with Crippen molar-refractivity contribution in [2.45, 2.75) is 35.7 Å². The van der Waals surface area contributed by atoms with Gasteiger partial charge in [0.25, 0.3) is 5.69 Å². The van der Waals surface area contributed by atoms with E-state index >= 15 is 0 Å². The number of hydrogen-bond acceptors (Lipinski definition) is 7. The van der Waals surface area contributed by atoms with Crippen LogP contribution < -0.4 is 0 Å². The van der Waals surface area contributed by atoms with E-state index in [-0.39, 0.29) is 42.2 Å². The predicted molar refractivity (Wildman–Crippen MR) is 152 cm³/mol. The Hall–Kier alpha value is -3.44. The molecule has 1 amide bonds. The number of carbonyl (C=O) groups is 1. The van der Waals surface area contributed by atoms with Crippen LogP contribution >= 0.6 is 23.2 Å². The van der Waals surface area contributed by atoms with Crippen LogP contribution in [0.2, 0.25) is 10.0 Å². The molecule has 0 N–H and O–H groups in total. The van der Waals surface area contributed by atoms with Gasteiger partial charge in [-0.2, -0.15) is 34.8 Å². The van der Waals surface area contributed by atoms with Crippen molar-refractivity contribution in [3.63, 3.8) is 0 Å². The summed E-state index contributed by atoms with van der Waals surface area (Å²) in [7, 11) is -4.67. The molecule has 1 saturated heterocycles. The molecule has 0 bridgehead atoms. The largest absolute Gasteiger partial charge is 0.416 e. The van der Waals surface area contributed by atoms with E-state index in [1.165, 1.54) is 30.3 Å². The van der Waals surface area contributed by atoms with Gasteiger partial charge in [-0.3, -0.25) is 19.1 Å². The van der Waals surface area contributed by atoms with E-state index in [4.69, 9.17) is 32.1 Å². The van der Waals surface area contributed by atoms with Crippen LogP contribution in [0.5, 0.6) is 0 Å². The number of nitrogens with zero attached hydrogens (tertiary/aromatic N) is 2. The Kier molecular flexibility index (Phi) is 10.3. The molecular weight excluding hydrogens is 693 g/mol. The second-order valence-corrected chi connectivity index (χ2v) is 12.5. The Balaban J connectivity index is 1.62. The normalized spacial score (nSPS) is 17.6. The number of halogens is 8. The van der Waals surface area contributed by atoms with Crippen molar-refractivity contribution in [1.29, 1.82) is 0 Å². The summed E-state index contributed by atoms with van der Waals surface area (Å²) in [6, 6.07) is 9.62. The fraction of sp³-hybridized carbons (Fsp3) is 0.321. The minimum Gasteiger partial charge on any atom is -0.366 e. The van der Waals surface area contributed by atoms with Gasteiger partial charge in [0.15, 0.2) is 4.90 Å². The molecule has 1 heterocycles. The van der Waals surface area contributed by atoms with Crippen LogP contribution in [0.25, 0.3) is 0 Å². The summed E-state index contributed by atoms with van der Waals surface area (Å²) in [6.07, 6.45) is -11.3. The Morgan fingerprint density at radius 2 is 1.61 bits per heavy atom. The van der Waals surface area contributed by atoms with Crippen LogP contribution in [-0.4, -0.2) is 50.5 Å². The van der Waals surface area contributed by atoms with E-state index in [0.29, 0.717) is 17.7 Å². The molecule has 18 heteroatoms. The number of alkyl halides is 6. The zero-order valence-electron chi connectivity index (χ0n) is 23.2. The Morgan fingerprint density at radius 3 is 2.20 bits per heavy atom. The quantitative estimate of drug-likeness (QED) is 0.101. The number of benzene rings is 3. The van der Waals surface area contributed by atoms with E-state index in [1.54, 1.807) is 0 Å². The highest BCUT2D eigenvalue weighted by Gasteiger charge is 2.42. The molecule has 0 radical (unpaired) electrons. The Labute approximate surface area is 267 Å². The first-order valence-corrected chi connectivity index (χ1v) is 15.3. The number of amides is 1. The van der Waals surface area contributed by atoms with Gasteiger partial charge in [0, 0.05) is 19.0 Å². The maximum Gasteiger partial charge on any atom is 0.416 e. The highest BCUT2D eigenvalue weighted by Crippen LogP contribution is 2.39. The van der Waals surface area contributed by atoms with E-state index in [1.807, 2.05) is 0 Å². The molecule has 0 saturated carbocycles. The van der Waals surface area contributed by atoms with E-state index in [2.05, 4.69) is 0 Å². The fourth-order valence-electron chi connectivity index (χ4n) is 4.85. The smallest absolute Gasteiger partial charge is 0.366 e. The second-order valence-electron chi connectivity index (χ2n) is 10.1. The summed E-state index contributed by atoms with van der Waals surface area (Å²) >= 11 is 12.2. The van der Waals surface area contributed by atoms with Crippen LogP contribution in [0, 0.1) is 10.1 Å². The number of hydrogen-bond donors (Lipinski definition) is 0. The standard InChI is InChI=1S/C28H22Cl2F6N2O7S/c29-21-6-5-18(15-22(21)30)26(7-9-45-46(42,43)24-4-2-1-3-23(24)38(40)41)16-37(8-10-44-26)25(39)13-17-11-19(27(31,32)33)14-20(12-17)28(34,35)36/h1-6,11-12,14-15H,7-10,13,16H2/t26-/m0/s1. The number of nitro benzene ring substituents is 1. The lowest BCUT2D eigenvalue weighted by atomic mass is 9.88. The number of rotatable bonds is 9. The first kappa shape index (κ1) is 35.4. The van der Waals surface area contributed by atoms with Gasteiger partial charge in [-0.05, 0) is 47.5 Å². The second kappa shape index (κ2) is 13.4. The van der Waals surface area contributed by atoms with Crippen LogP contribution in [0.3, 0.4) is 0 Å². The van der Waals surface area contributed by atoms with Crippen molar-refractivity contribution in [2.75, 3.05) is 26.3 Å². The maximum atomic E-state index is 13.4. The number of nitro groups is 1. The predicted octanol–water partition coefficient (Wildman–Crippen LogP) is 7.03. The Morgan fingerprint density at radius 1 is 0.978 bits per heavy atom. The van der Waals surface area contributed by atoms with Gasteiger partial charge in [-0.25, -0.2) is 0 Å². The lowest BCUT2D eigenvalue weighted by Crippen LogP contribution is -2.52. The topological polar surface area (TPSA) is 116 Å². The molecule has 4 rings (SSSR count). The molecule has 0 unspecified atom stereocenters. The van der Waals surface area contributed by atoms with Gasteiger partial charge in [0.1, 0.15) is 5.60 Å². The summed E-state index contributed by atoms with van der Waals surface area (Å²) in [5, 5.41) is 11.5. The van der Waals surface area contributed by atoms with Crippen LogP contribution in [-0.2, 0) is 48.2 Å². The summed E-state index contributed by atoms with van der Waals surface area (Å²) in [5.41, 5.74) is -5.66. The summed E-state index contributed by atoms with van der Waals surface area (Å²) in [4.78, 5) is 24.2. The summed E-state index contributed by atoms with van der Waals surface area (Å²) in [5.74, 6) is -0.839. The average molecular weight is 715 g/mol. The SMILES string of the molecule is O=C(Cc1cc(C(F)(F)F)cc(C(F)(F)F)c1)N1CCO[C@](CCOS(=O)(=O)c2ccccc2[N+](=O)[O-])(c2ccc(Cl)c(Cl)c2)C1. The molecule has 1 fully saturated rings. The van der Waals surface area contributed by atoms with Gasteiger partial charge in [-0.15, -0.1) is 0 Å². The van der Waals surface area contributed by atoms with Crippen molar-refractivity contribution in [1.82, 2.24) is 4.90 Å². The first-order chi connectivity index (χ1) is 21.3. The van der Waals surface area contributed by atoms with E-state index in [0.717, 1.165) is 17.0 Å². The molecule has 248 valence electrons. The maximum absolute atomic E-state index is 13.4. The third-order valence-electron chi connectivity index (χ3n) is 7.06. The minimum absolute atomic E-state index is 0.0455. The highest BCUT2D eigenvalue weighted by molar-refractivity contribution is 7.87. The molecule has 1 aliphatic rings. The number of morpholine rings is 1. The fourth-order valence-corrected chi connectivity index (χ4v) is 6.23. The molecule has 0 spiro atoms. The summed E-state index contributed by atoms with van der Waals surface area (Å²) in [6.45, 7) is -1.26. The lowest BCUT2D eigenvalue weighted by Gasteiger charge is -2.43. The van der Waals surface area contributed by atoms with Crippen molar-refractivity contribution in [3.8, 4) is 0 Å². The van der Waals surface area contributed by atoms with Gasteiger partial charge in [0.05, 0.1) is 52.3 Å².